The third-order valence-electron chi connectivity index (χ3n) is 4.49. The molecule has 3 rings (SSSR count). The molecule has 2 saturated heterocycles. The highest BCUT2D eigenvalue weighted by Crippen LogP contribution is 2.31. The number of sulfonamides is 1. The zero-order valence-electron chi connectivity index (χ0n) is 13.2. The lowest BCUT2D eigenvalue weighted by Crippen LogP contribution is -2.61. The number of carbonyl (C=O) groups is 1. The molecule has 0 spiro atoms. The second kappa shape index (κ2) is 6.08. The molecule has 1 aromatic heterocycles. The van der Waals surface area contributed by atoms with Crippen molar-refractivity contribution in [2.24, 2.45) is 0 Å². The topological polar surface area (TPSA) is 105 Å². The van der Waals surface area contributed by atoms with Gasteiger partial charge in [-0.25, -0.2) is 16.8 Å². The fourth-order valence-corrected chi connectivity index (χ4v) is 7.05. The highest BCUT2D eigenvalue weighted by molar-refractivity contribution is 7.92. The molecule has 0 aliphatic carbocycles. The summed E-state index contributed by atoms with van der Waals surface area (Å²) in [7, 11) is -7.25. The second-order valence-corrected chi connectivity index (χ2v) is 10.0. The largest absolute Gasteiger partial charge is 0.336 e. The van der Waals surface area contributed by atoms with Gasteiger partial charge in [-0.2, -0.15) is 4.31 Å². The van der Waals surface area contributed by atoms with Gasteiger partial charge in [-0.05, 0) is 12.1 Å². The molecule has 2 atom stereocenters. The molecule has 3 heterocycles. The van der Waals surface area contributed by atoms with E-state index in [2.05, 4.69) is 4.98 Å². The van der Waals surface area contributed by atoms with Gasteiger partial charge in [-0.15, -0.1) is 0 Å². The third kappa shape index (κ3) is 2.93. The average Bonchev–Trinajstić information content (AvgIpc) is 2.88. The van der Waals surface area contributed by atoms with E-state index in [1.807, 2.05) is 0 Å². The van der Waals surface area contributed by atoms with Crippen molar-refractivity contribution in [3.05, 3.63) is 24.5 Å². The predicted molar refractivity (Wildman–Crippen MR) is 86.4 cm³/mol. The Labute approximate surface area is 141 Å². The lowest BCUT2D eigenvalue weighted by atomic mass is 10.1. The number of aromatic nitrogens is 1. The smallest absolute Gasteiger partial charge is 0.245 e. The van der Waals surface area contributed by atoms with Crippen LogP contribution < -0.4 is 0 Å². The van der Waals surface area contributed by atoms with Crippen LogP contribution in [0.15, 0.2) is 29.4 Å². The SMILES string of the molecule is CCC(=O)N1CCN(S(=O)(=O)c2cccnc2)[C@@H]2CS(=O)(=O)C[C@@H]21. The van der Waals surface area contributed by atoms with Crippen LogP contribution >= 0.6 is 0 Å². The van der Waals surface area contributed by atoms with E-state index in [4.69, 9.17) is 0 Å². The van der Waals surface area contributed by atoms with E-state index in [9.17, 15) is 21.6 Å². The van der Waals surface area contributed by atoms with Crippen LogP contribution in [0.25, 0.3) is 0 Å². The Morgan fingerprint density at radius 1 is 1.29 bits per heavy atom. The highest BCUT2D eigenvalue weighted by Gasteiger charge is 2.51. The monoisotopic (exact) mass is 373 g/mol. The quantitative estimate of drug-likeness (QED) is 0.707. The van der Waals surface area contributed by atoms with Crippen molar-refractivity contribution >= 4 is 25.8 Å². The van der Waals surface area contributed by atoms with Gasteiger partial charge in [0.2, 0.25) is 15.9 Å². The van der Waals surface area contributed by atoms with Crippen molar-refractivity contribution in [2.45, 2.75) is 30.3 Å². The van der Waals surface area contributed by atoms with Gasteiger partial charge in [-0.1, -0.05) is 6.92 Å². The predicted octanol–water partition coefficient (Wildman–Crippen LogP) is -0.510. The Morgan fingerprint density at radius 3 is 2.62 bits per heavy atom. The van der Waals surface area contributed by atoms with Crippen molar-refractivity contribution < 1.29 is 21.6 Å². The molecule has 2 fully saturated rings. The molecule has 0 aromatic carbocycles. The van der Waals surface area contributed by atoms with Gasteiger partial charge >= 0.3 is 0 Å². The van der Waals surface area contributed by atoms with Crippen LogP contribution in [0.1, 0.15) is 13.3 Å². The number of hydrogen-bond acceptors (Lipinski definition) is 6. The molecular weight excluding hydrogens is 354 g/mol. The van der Waals surface area contributed by atoms with Crippen LogP contribution in [-0.2, 0) is 24.7 Å². The van der Waals surface area contributed by atoms with Crippen molar-refractivity contribution in [1.29, 1.82) is 0 Å². The van der Waals surface area contributed by atoms with Crippen molar-refractivity contribution in [2.75, 3.05) is 24.6 Å². The number of piperazine rings is 1. The van der Waals surface area contributed by atoms with Crippen molar-refractivity contribution in [1.82, 2.24) is 14.2 Å². The second-order valence-electron chi connectivity index (χ2n) is 5.96. The van der Waals surface area contributed by atoms with Gasteiger partial charge in [0, 0.05) is 31.9 Å². The number of fused-ring (bicyclic) bond motifs is 1. The molecule has 2 aliphatic heterocycles. The van der Waals surface area contributed by atoms with Gasteiger partial charge < -0.3 is 4.90 Å². The molecule has 1 aromatic rings. The van der Waals surface area contributed by atoms with Crippen molar-refractivity contribution in [3.63, 3.8) is 0 Å². The summed E-state index contributed by atoms with van der Waals surface area (Å²) in [5.74, 6) is -0.604. The Morgan fingerprint density at radius 2 is 2.00 bits per heavy atom. The van der Waals surface area contributed by atoms with E-state index < -0.39 is 31.9 Å². The molecule has 2 aliphatic rings. The van der Waals surface area contributed by atoms with Gasteiger partial charge in [0.25, 0.3) is 0 Å². The van der Waals surface area contributed by atoms with Crippen molar-refractivity contribution in [3.8, 4) is 0 Å². The first kappa shape index (κ1) is 17.3. The normalized spacial score (nSPS) is 27.0. The average molecular weight is 373 g/mol. The molecule has 0 unspecified atom stereocenters. The van der Waals surface area contributed by atoms with Crippen LogP contribution in [-0.4, -0.2) is 73.6 Å². The number of sulfone groups is 1. The molecule has 1 amide bonds. The highest BCUT2D eigenvalue weighted by atomic mass is 32.2. The minimum atomic E-state index is -3.85. The molecule has 0 radical (unpaired) electrons. The lowest BCUT2D eigenvalue weighted by Gasteiger charge is -2.42. The molecule has 10 heteroatoms. The Hall–Kier alpha value is -1.52. The number of rotatable bonds is 3. The van der Waals surface area contributed by atoms with E-state index >= 15 is 0 Å². The summed E-state index contributed by atoms with van der Waals surface area (Å²) in [5.41, 5.74) is 0. The van der Waals surface area contributed by atoms with E-state index in [0.717, 1.165) is 0 Å². The first-order valence-corrected chi connectivity index (χ1v) is 10.9. The first-order chi connectivity index (χ1) is 11.3. The maximum absolute atomic E-state index is 12.9. The van der Waals surface area contributed by atoms with Crippen LogP contribution in [0, 0.1) is 0 Å². The van der Waals surface area contributed by atoms with Crippen LogP contribution in [0.4, 0.5) is 0 Å². The Bertz CT molecular complexity index is 838. The molecule has 8 nitrogen and oxygen atoms in total. The minimum Gasteiger partial charge on any atom is -0.336 e. The van der Waals surface area contributed by atoms with E-state index in [0.29, 0.717) is 0 Å². The number of pyridine rings is 1. The summed E-state index contributed by atoms with van der Waals surface area (Å²) in [6.07, 6.45) is 2.98. The van der Waals surface area contributed by atoms with Crippen LogP contribution in [0.5, 0.6) is 0 Å². The molecule has 24 heavy (non-hydrogen) atoms. The number of nitrogens with zero attached hydrogens (tertiary/aromatic N) is 3. The Balaban J connectivity index is 1.99. The first-order valence-electron chi connectivity index (χ1n) is 7.68. The van der Waals surface area contributed by atoms with E-state index in [1.165, 1.54) is 33.7 Å². The molecule has 132 valence electrons. The zero-order valence-corrected chi connectivity index (χ0v) is 14.8. The summed E-state index contributed by atoms with van der Waals surface area (Å²) >= 11 is 0. The number of amides is 1. The maximum atomic E-state index is 12.9. The van der Waals surface area contributed by atoms with Crippen LogP contribution in [0.3, 0.4) is 0 Å². The molecule has 0 saturated carbocycles. The number of carbonyl (C=O) groups excluding carboxylic acids is 1. The molecule has 0 bridgehead atoms. The fraction of sp³-hybridized carbons (Fsp3) is 0.571. The van der Waals surface area contributed by atoms with Gasteiger partial charge in [-0.3, -0.25) is 9.78 Å². The minimum absolute atomic E-state index is 0.0308. The summed E-state index contributed by atoms with van der Waals surface area (Å²) in [6.45, 7) is 1.99. The fourth-order valence-electron chi connectivity index (χ4n) is 3.37. The summed E-state index contributed by atoms with van der Waals surface area (Å²) < 4.78 is 51.2. The van der Waals surface area contributed by atoms with E-state index in [-0.39, 0.29) is 41.8 Å². The number of hydrogen-bond donors (Lipinski definition) is 0. The third-order valence-corrected chi connectivity index (χ3v) is 8.10. The van der Waals surface area contributed by atoms with Gasteiger partial charge in [0.1, 0.15) is 4.90 Å². The molecule has 0 N–H and O–H groups in total. The van der Waals surface area contributed by atoms with Gasteiger partial charge in [0.05, 0.1) is 23.6 Å². The molecular formula is C14H19N3O5S2. The Kier molecular flexibility index (Phi) is 4.39. The summed E-state index contributed by atoms with van der Waals surface area (Å²) in [4.78, 5) is 17.5. The van der Waals surface area contributed by atoms with E-state index in [1.54, 1.807) is 6.92 Å². The summed E-state index contributed by atoms with van der Waals surface area (Å²) in [6, 6.07) is 1.59. The van der Waals surface area contributed by atoms with Crippen LogP contribution in [0.2, 0.25) is 0 Å². The standard InChI is InChI=1S/C14H19N3O5S2/c1-2-14(18)16-6-7-17(13-10-23(19,20)9-12(13)16)24(21,22)11-4-3-5-15-8-11/h3-5,8,12-13H,2,6-7,9-10H2,1H3/t12-,13+/m0/s1. The maximum Gasteiger partial charge on any atom is 0.245 e. The lowest BCUT2D eigenvalue weighted by molar-refractivity contribution is -0.135. The zero-order chi connectivity index (χ0) is 17.5. The summed E-state index contributed by atoms with van der Waals surface area (Å²) in [5, 5.41) is 0. The van der Waals surface area contributed by atoms with Gasteiger partial charge in [0.15, 0.2) is 9.84 Å².